The van der Waals surface area contributed by atoms with Crippen LogP contribution in [0.2, 0.25) is 0 Å². The van der Waals surface area contributed by atoms with E-state index < -0.39 is 0 Å². The zero-order chi connectivity index (χ0) is 10.6. The molecule has 1 rings (SSSR count). The first kappa shape index (κ1) is 10.5. The lowest BCUT2D eigenvalue weighted by atomic mass is 10.0. The average molecular weight is 189 g/mol. The molecule has 0 saturated heterocycles. The highest BCUT2D eigenvalue weighted by Gasteiger charge is 2.13. The lowest BCUT2D eigenvalue weighted by Crippen LogP contribution is -2.29. The number of hydrogen-bond acceptors (Lipinski definition) is 3. The number of pyridine rings is 1. The van der Waals surface area contributed by atoms with Gasteiger partial charge < -0.3 is 5.32 Å². The number of hydrogen-bond donors (Lipinski definition) is 1. The van der Waals surface area contributed by atoms with Crippen molar-refractivity contribution in [2.45, 2.75) is 32.7 Å². The van der Waals surface area contributed by atoms with E-state index >= 15 is 0 Å². The van der Waals surface area contributed by atoms with E-state index in [0.717, 1.165) is 12.1 Å². The van der Waals surface area contributed by atoms with E-state index in [2.05, 4.69) is 31.1 Å². The molecule has 74 valence electrons. The van der Waals surface area contributed by atoms with Crippen molar-refractivity contribution in [3.05, 3.63) is 24.0 Å². The van der Waals surface area contributed by atoms with E-state index in [0.29, 0.717) is 5.69 Å². The third-order valence-corrected chi connectivity index (χ3v) is 2.24. The van der Waals surface area contributed by atoms with Gasteiger partial charge in [0.15, 0.2) is 0 Å². The van der Waals surface area contributed by atoms with Crippen molar-refractivity contribution in [1.29, 1.82) is 5.26 Å². The Hall–Kier alpha value is -1.56. The zero-order valence-corrected chi connectivity index (χ0v) is 8.83. The van der Waals surface area contributed by atoms with Gasteiger partial charge >= 0.3 is 0 Å². The standard InChI is InChI=1S/C11H15N3/c1-4-11(2,3)14-9-5-6-13-10(7-9)8-12/h5-7H,4H2,1-3H3,(H,13,14). The Morgan fingerprint density at radius 1 is 1.57 bits per heavy atom. The third-order valence-electron chi connectivity index (χ3n) is 2.24. The molecule has 0 unspecified atom stereocenters. The van der Waals surface area contributed by atoms with Gasteiger partial charge in [-0.05, 0) is 32.4 Å². The highest BCUT2D eigenvalue weighted by molar-refractivity contribution is 5.47. The fraction of sp³-hybridized carbons (Fsp3) is 0.455. The van der Waals surface area contributed by atoms with Gasteiger partial charge in [0.25, 0.3) is 0 Å². The van der Waals surface area contributed by atoms with E-state index in [1.54, 1.807) is 12.3 Å². The summed E-state index contributed by atoms with van der Waals surface area (Å²) in [7, 11) is 0. The van der Waals surface area contributed by atoms with Crippen molar-refractivity contribution in [2.24, 2.45) is 0 Å². The lowest BCUT2D eigenvalue weighted by Gasteiger charge is -2.25. The first-order valence-electron chi connectivity index (χ1n) is 4.72. The summed E-state index contributed by atoms with van der Waals surface area (Å²) in [5.41, 5.74) is 1.44. The molecule has 0 atom stereocenters. The van der Waals surface area contributed by atoms with Gasteiger partial charge in [0.1, 0.15) is 11.8 Å². The molecule has 3 heteroatoms. The number of nitrogens with zero attached hydrogens (tertiary/aromatic N) is 2. The molecule has 1 N–H and O–H groups in total. The predicted octanol–water partition coefficient (Wildman–Crippen LogP) is 2.55. The van der Waals surface area contributed by atoms with Crippen LogP contribution in [-0.2, 0) is 0 Å². The van der Waals surface area contributed by atoms with Crippen LogP contribution in [-0.4, -0.2) is 10.5 Å². The van der Waals surface area contributed by atoms with Crippen LogP contribution in [0.25, 0.3) is 0 Å². The number of nitriles is 1. The second-order valence-electron chi connectivity index (χ2n) is 3.90. The maximum absolute atomic E-state index is 8.68. The molecule has 1 aromatic rings. The molecule has 0 fully saturated rings. The monoisotopic (exact) mass is 189 g/mol. The largest absolute Gasteiger partial charge is 0.380 e. The molecule has 0 spiro atoms. The molecule has 0 bridgehead atoms. The summed E-state index contributed by atoms with van der Waals surface area (Å²) in [6, 6.07) is 5.65. The SMILES string of the molecule is CCC(C)(C)Nc1ccnc(C#N)c1. The fourth-order valence-electron chi connectivity index (χ4n) is 1.05. The number of rotatable bonds is 3. The summed E-state index contributed by atoms with van der Waals surface area (Å²) < 4.78 is 0. The Kier molecular flexibility index (Phi) is 3.08. The van der Waals surface area contributed by atoms with Crippen LogP contribution >= 0.6 is 0 Å². The first-order valence-corrected chi connectivity index (χ1v) is 4.72. The molecular formula is C11H15N3. The smallest absolute Gasteiger partial charge is 0.142 e. The molecule has 0 saturated carbocycles. The maximum atomic E-state index is 8.68. The van der Waals surface area contributed by atoms with E-state index in [1.807, 2.05) is 12.1 Å². The Bertz CT molecular complexity index is 350. The summed E-state index contributed by atoms with van der Waals surface area (Å²) in [5, 5.41) is 12.0. The van der Waals surface area contributed by atoms with Crippen LogP contribution in [0.3, 0.4) is 0 Å². The Balaban J connectivity index is 2.83. The minimum absolute atomic E-state index is 0.0497. The predicted molar refractivity (Wildman–Crippen MR) is 56.9 cm³/mol. The molecule has 14 heavy (non-hydrogen) atoms. The summed E-state index contributed by atoms with van der Waals surface area (Å²) in [6.45, 7) is 6.37. The summed E-state index contributed by atoms with van der Waals surface area (Å²) >= 11 is 0. The molecule has 1 heterocycles. The van der Waals surface area contributed by atoms with E-state index in [-0.39, 0.29) is 5.54 Å². The van der Waals surface area contributed by atoms with Crippen LogP contribution in [0, 0.1) is 11.3 Å². The highest BCUT2D eigenvalue weighted by Crippen LogP contribution is 2.17. The minimum atomic E-state index is 0.0497. The number of aromatic nitrogens is 1. The summed E-state index contributed by atoms with van der Waals surface area (Å²) in [4.78, 5) is 3.91. The normalized spacial score (nSPS) is 10.7. The lowest BCUT2D eigenvalue weighted by molar-refractivity contribution is 0.547. The second kappa shape index (κ2) is 4.10. The fourth-order valence-corrected chi connectivity index (χ4v) is 1.05. The van der Waals surface area contributed by atoms with E-state index in [1.165, 1.54) is 0 Å². The van der Waals surface area contributed by atoms with Crippen LogP contribution < -0.4 is 5.32 Å². The molecule has 0 aliphatic heterocycles. The molecule has 0 radical (unpaired) electrons. The van der Waals surface area contributed by atoms with Crippen molar-refractivity contribution in [3.63, 3.8) is 0 Å². The Morgan fingerprint density at radius 3 is 2.86 bits per heavy atom. The minimum Gasteiger partial charge on any atom is -0.380 e. The van der Waals surface area contributed by atoms with Crippen molar-refractivity contribution in [3.8, 4) is 6.07 Å². The summed E-state index contributed by atoms with van der Waals surface area (Å²) in [5.74, 6) is 0. The Morgan fingerprint density at radius 2 is 2.29 bits per heavy atom. The van der Waals surface area contributed by atoms with Gasteiger partial charge in [-0.1, -0.05) is 6.92 Å². The topological polar surface area (TPSA) is 48.7 Å². The molecule has 3 nitrogen and oxygen atoms in total. The zero-order valence-electron chi connectivity index (χ0n) is 8.83. The van der Waals surface area contributed by atoms with Gasteiger partial charge in [-0.25, -0.2) is 4.98 Å². The van der Waals surface area contributed by atoms with Crippen LogP contribution in [0.5, 0.6) is 0 Å². The van der Waals surface area contributed by atoms with Crippen LogP contribution in [0.15, 0.2) is 18.3 Å². The molecular weight excluding hydrogens is 174 g/mol. The van der Waals surface area contributed by atoms with Gasteiger partial charge in [0.05, 0.1) is 0 Å². The maximum Gasteiger partial charge on any atom is 0.142 e. The Labute approximate surface area is 84.8 Å². The van der Waals surface area contributed by atoms with Crippen molar-refractivity contribution >= 4 is 5.69 Å². The molecule has 0 amide bonds. The number of nitrogens with one attached hydrogen (secondary N) is 1. The van der Waals surface area contributed by atoms with Gasteiger partial charge in [-0.2, -0.15) is 5.26 Å². The van der Waals surface area contributed by atoms with Crippen molar-refractivity contribution < 1.29 is 0 Å². The average Bonchev–Trinajstić information content (AvgIpc) is 2.17. The van der Waals surface area contributed by atoms with E-state index in [4.69, 9.17) is 5.26 Å². The van der Waals surface area contributed by atoms with Crippen LogP contribution in [0.1, 0.15) is 32.9 Å². The molecule has 1 aromatic heterocycles. The van der Waals surface area contributed by atoms with Gasteiger partial charge in [0, 0.05) is 17.4 Å². The second-order valence-corrected chi connectivity index (χ2v) is 3.90. The molecule has 0 aliphatic rings. The quantitative estimate of drug-likeness (QED) is 0.794. The van der Waals surface area contributed by atoms with E-state index in [9.17, 15) is 0 Å². The first-order chi connectivity index (χ1) is 6.57. The molecule has 0 aromatic carbocycles. The van der Waals surface area contributed by atoms with Gasteiger partial charge in [-0.15, -0.1) is 0 Å². The van der Waals surface area contributed by atoms with Crippen LogP contribution in [0.4, 0.5) is 5.69 Å². The van der Waals surface area contributed by atoms with Gasteiger partial charge in [0.2, 0.25) is 0 Å². The molecule has 0 aliphatic carbocycles. The third kappa shape index (κ3) is 2.74. The van der Waals surface area contributed by atoms with Crippen molar-refractivity contribution in [1.82, 2.24) is 4.98 Å². The van der Waals surface area contributed by atoms with Crippen molar-refractivity contribution in [2.75, 3.05) is 5.32 Å². The van der Waals surface area contributed by atoms with Gasteiger partial charge in [-0.3, -0.25) is 0 Å². The number of anilines is 1. The highest BCUT2D eigenvalue weighted by atomic mass is 15.0. The summed E-state index contributed by atoms with van der Waals surface area (Å²) in [6.07, 6.45) is 2.67.